The first-order valence-electron chi connectivity index (χ1n) is 7.08. The number of rotatable bonds is 3. The molecule has 0 bridgehead atoms. The van der Waals surface area contributed by atoms with Crippen molar-refractivity contribution in [3.05, 3.63) is 33.3 Å². The standard InChI is InChI=1S/C13H18N4O3S2/c1-9-3-6-12(21-9)22(19,20)15-10-4-5-11-14-16(2)13(18)17(11)8-7-10/h3,6,10,15H,4-5,7-8H2,1-2H3. The number of nitrogens with one attached hydrogen (secondary N) is 1. The van der Waals surface area contributed by atoms with E-state index in [2.05, 4.69) is 9.82 Å². The third-order valence-electron chi connectivity index (χ3n) is 3.80. The van der Waals surface area contributed by atoms with Gasteiger partial charge in [-0.2, -0.15) is 5.10 Å². The van der Waals surface area contributed by atoms with E-state index in [0.29, 0.717) is 30.0 Å². The summed E-state index contributed by atoms with van der Waals surface area (Å²) in [5.41, 5.74) is -0.146. The smallest absolute Gasteiger partial charge is 0.279 e. The highest BCUT2D eigenvalue weighted by Gasteiger charge is 2.25. The zero-order chi connectivity index (χ0) is 15.9. The molecule has 7 nitrogen and oxygen atoms in total. The maximum Gasteiger partial charge on any atom is 0.345 e. The van der Waals surface area contributed by atoms with Crippen LogP contribution >= 0.6 is 11.3 Å². The molecule has 0 fully saturated rings. The van der Waals surface area contributed by atoms with Gasteiger partial charge in [0.1, 0.15) is 10.0 Å². The normalized spacial score (nSPS) is 18.9. The van der Waals surface area contributed by atoms with Gasteiger partial charge in [0, 0.05) is 30.9 Å². The molecule has 2 aromatic rings. The van der Waals surface area contributed by atoms with Gasteiger partial charge in [0.25, 0.3) is 0 Å². The molecule has 120 valence electrons. The molecule has 0 amide bonds. The predicted molar refractivity (Wildman–Crippen MR) is 83.6 cm³/mol. The summed E-state index contributed by atoms with van der Waals surface area (Å²) in [5.74, 6) is 0.723. The number of hydrogen-bond acceptors (Lipinski definition) is 5. The summed E-state index contributed by atoms with van der Waals surface area (Å²) in [4.78, 5) is 12.9. The van der Waals surface area contributed by atoms with Crippen LogP contribution in [0, 0.1) is 6.92 Å². The maximum absolute atomic E-state index is 12.4. The van der Waals surface area contributed by atoms with Crippen LogP contribution in [0.3, 0.4) is 0 Å². The highest BCUT2D eigenvalue weighted by atomic mass is 32.2. The van der Waals surface area contributed by atoms with E-state index in [1.165, 1.54) is 16.0 Å². The SMILES string of the molecule is Cc1ccc(S(=O)(=O)NC2CCc3nn(C)c(=O)n3CC2)s1. The number of sulfonamides is 1. The van der Waals surface area contributed by atoms with Crippen LogP contribution in [-0.2, 0) is 30.0 Å². The van der Waals surface area contributed by atoms with E-state index in [9.17, 15) is 13.2 Å². The number of thiophene rings is 1. The Morgan fingerprint density at radius 3 is 2.82 bits per heavy atom. The predicted octanol–water partition coefficient (Wildman–Crippen LogP) is 0.635. The average Bonchev–Trinajstić information content (AvgIpc) is 2.93. The zero-order valence-electron chi connectivity index (χ0n) is 12.4. The second-order valence-corrected chi connectivity index (χ2v) is 8.71. The van der Waals surface area contributed by atoms with E-state index in [-0.39, 0.29) is 11.7 Å². The summed E-state index contributed by atoms with van der Waals surface area (Å²) in [6.45, 7) is 2.36. The van der Waals surface area contributed by atoms with Gasteiger partial charge in [0.05, 0.1) is 0 Å². The van der Waals surface area contributed by atoms with E-state index < -0.39 is 10.0 Å². The van der Waals surface area contributed by atoms with Crippen LogP contribution in [0.4, 0.5) is 0 Å². The molecule has 3 rings (SSSR count). The molecule has 0 radical (unpaired) electrons. The van der Waals surface area contributed by atoms with Gasteiger partial charge in [-0.05, 0) is 31.9 Å². The largest absolute Gasteiger partial charge is 0.345 e. The molecule has 0 spiro atoms. The lowest BCUT2D eigenvalue weighted by Crippen LogP contribution is -2.35. The molecule has 2 aromatic heterocycles. The van der Waals surface area contributed by atoms with E-state index in [4.69, 9.17) is 0 Å². The van der Waals surface area contributed by atoms with Crippen molar-refractivity contribution in [1.29, 1.82) is 0 Å². The Hall–Kier alpha value is -1.45. The molecular formula is C13H18N4O3S2. The van der Waals surface area contributed by atoms with Gasteiger partial charge in [-0.1, -0.05) is 0 Å². The number of fused-ring (bicyclic) bond motifs is 1. The molecule has 22 heavy (non-hydrogen) atoms. The van der Waals surface area contributed by atoms with Crippen LogP contribution in [0.25, 0.3) is 0 Å². The summed E-state index contributed by atoms with van der Waals surface area (Å²) in [5, 5.41) is 4.20. The summed E-state index contributed by atoms with van der Waals surface area (Å²) in [7, 11) is -1.86. The van der Waals surface area contributed by atoms with E-state index >= 15 is 0 Å². The Kier molecular flexibility index (Phi) is 3.96. The number of aryl methyl sites for hydroxylation is 3. The minimum atomic E-state index is -3.49. The molecule has 3 heterocycles. The molecular weight excluding hydrogens is 324 g/mol. The van der Waals surface area contributed by atoms with Gasteiger partial charge in [-0.3, -0.25) is 4.57 Å². The first kappa shape index (κ1) is 15.4. The number of hydrogen-bond donors (Lipinski definition) is 1. The zero-order valence-corrected chi connectivity index (χ0v) is 14.1. The van der Waals surface area contributed by atoms with Crippen LogP contribution < -0.4 is 10.4 Å². The van der Waals surface area contributed by atoms with Crippen LogP contribution in [0.2, 0.25) is 0 Å². The molecule has 1 aliphatic heterocycles. The monoisotopic (exact) mass is 342 g/mol. The lowest BCUT2D eigenvalue weighted by molar-refractivity contribution is 0.490. The van der Waals surface area contributed by atoms with Crippen LogP contribution in [0.1, 0.15) is 23.5 Å². The molecule has 1 aliphatic rings. The van der Waals surface area contributed by atoms with Crippen molar-refractivity contribution in [3.63, 3.8) is 0 Å². The van der Waals surface area contributed by atoms with Gasteiger partial charge in [-0.15, -0.1) is 11.3 Å². The summed E-state index contributed by atoms with van der Waals surface area (Å²) < 4.78 is 30.8. The van der Waals surface area contributed by atoms with Gasteiger partial charge >= 0.3 is 5.69 Å². The van der Waals surface area contributed by atoms with Crippen LogP contribution in [-0.4, -0.2) is 28.8 Å². The fourth-order valence-electron chi connectivity index (χ4n) is 2.65. The van der Waals surface area contributed by atoms with E-state index in [1.54, 1.807) is 23.7 Å². The Morgan fingerprint density at radius 2 is 2.14 bits per heavy atom. The van der Waals surface area contributed by atoms with Crippen molar-refractivity contribution in [2.75, 3.05) is 0 Å². The second kappa shape index (κ2) is 5.64. The molecule has 0 aromatic carbocycles. The van der Waals surface area contributed by atoms with Crippen molar-refractivity contribution in [1.82, 2.24) is 19.1 Å². The summed E-state index contributed by atoms with van der Waals surface area (Å²) in [6, 6.07) is 3.24. The highest BCUT2D eigenvalue weighted by molar-refractivity contribution is 7.91. The lowest BCUT2D eigenvalue weighted by atomic mass is 10.1. The molecule has 0 aliphatic carbocycles. The van der Waals surface area contributed by atoms with Gasteiger partial charge in [0.2, 0.25) is 10.0 Å². The molecule has 1 atom stereocenters. The molecule has 1 unspecified atom stereocenters. The molecule has 1 N–H and O–H groups in total. The van der Waals surface area contributed by atoms with Gasteiger partial charge < -0.3 is 0 Å². The van der Waals surface area contributed by atoms with Gasteiger partial charge in [-0.25, -0.2) is 22.6 Å². The number of nitrogens with zero attached hydrogens (tertiary/aromatic N) is 3. The maximum atomic E-state index is 12.4. The molecule has 0 saturated heterocycles. The minimum absolute atomic E-state index is 0.146. The van der Waals surface area contributed by atoms with Crippen molar-refractivity contribution in [2.45, 2.75) is 43.0 Å². The van der Waals surface area contributed by atoms with Gasteiger partial charge in [0.15, 0.2) is 0 Å². The third-order valence-corrected chi connectivity index (χ3v) is 6.82. The first-order chi connectivity index (χ1) is 10.4. The Labute approximate surface area is 132 Å². The Bertz CT molecular complexity index is 847. The molecule has 9 heteroatoms. The average molecular weight is 342 g/mol. The van der Waals surface area contributed by atoms with Crippen molar-refractivity contribution >= 4 is 21.4 Å². The van der Waals surface area contributed by atoms with E-state index in [1.807, 2.05) is 6.92 Å². The third kappa shape index (κ3) is 2.88. The van der Waals surface area contributed by atoms with Crippen molar-refractivity contribution in [2.24, 2.45) is 7.05 Å². The minimum Gasteiger partial charge on any atom is -0.279 e. The summed E-state index contributed by atoms with van der Waals surface area (Å²) in [6.07, 6.45) is 1.81. The van der Waals surface area contributed by atoms with Crippen LogP contribution in [0.5, 0.6) is 0 Å². The fourth-order valence-corrected chi connectivity index (χ4v) is 5.25. The fraction of sp³-hybridized carbons (Fsp3) is 0.538. The second-order valence-electron chi connectivity index (χ2n) is 5.48. The van der Waals surface area contributed by atoms with Crippen molar-refractivity contribution < 1.29 is 8.42 Å². The lowest BCUT2D eigenvalue weighted by Gasteiger charge is -2.15. The topological polar surface area (TPSA) is 86.0 Å². The first-order valence-corrected chi connectivity index (χ1v) is 9.38. The Balaban J connectivity index is 1.75. The highest BCUT2D eigenvalue weighted by Crippen LogP contribution is 2.22. The summed E-state index contributed by atoms with van der Waals surface area (Å²) >= 11 is 1.26. The Morgan fingerprint density at radius 1 is 1.36 bits per heavy atom. The van der Waals surface area contributed by atoms with Crippen LogP contribution in [0.15, 0.2) is 21.1 Å². The van der Waals surface area contributed by atoms with E-state index in [0.717, 1.165) is 10.7 Å². The number of aromatic nitrogens is 3. The molecule has 0 saturated carbocycles. The van der Waals surface area contributed by atoms with Crippen molar-refractivity contribution in [3.8, 4) is 0 Å². The quantitative estimate of drug-likeness (QED) is 0.887.